The first-order chi connectivity index (χ1) is 18.3. The lowest BCUT2D eigenvalue weighted by atomic mass is 9.86. The summed E-state index contributed by atoms with van der Waals surface area (Å²) in [6.45, 7) is 9.45. The summed E-state index contributed by atoms with van der Waals surface area (Å²) in [6.07, 6.45) is 7.70. The molecule has 2 aromatic carbocycles. The predicted molar refractivity (Wildman–Crippen MR) is 153 cm³/mol. The van der Waals surface area contributed by atoms with E-state index in [1.54, 1.807) is 0 Å². The van der Waals surface area contributed by atoms with Crippen molar-refractivity contribution < 1.29 is 9.84 Å². The number of benzene rings is 2. The Labute approximate surface area is 224 Å². The van der Waals surface area contributed by atoms with Crippen LogP contribution in [0.1, 0.15) is 55.0 Å². The largest absolute Gasteiger partial charge is 0.386 e. The predicted octanol–water partition coefficient (Wildman–Crippen LogP) is 7.11. The number of fused-ring (bicyclic) bond motifs is 3. The van der Waals surface area contributed by atoms with Gasteiger partial charge in [-0.3, -0.25) is 9.97 Å². The number of nitrogens with zero attached hydrogens (tertiary/aromatic N) is 3. The van der Waals surface area contributed by atoms with Gasteiger partial charge >= 0.3 is 0 Å². The molecule has 1 aliphatic heterocycles. The lowest BCUT2D eigenvalue weighted by Crippen LogP contribution is -2.27. The summed E-state index contributed by atoms with van der Waals surface area (Å²) in [7, 11) is 0. The minimum absolute atomic E-state index is 0.119. The van der Waals surface area contributed by atoms with Gasteiger partial charge in [0, 0.05) is 42.8 Å². The number of rotatable bonds is 5. The molecule has 1 atom stereocenters. The number of hydrogen-bond acceptors (Lipinski definition) is 4. The molecule has 0 saturated carbocycles. The van der Waals surface area contributed by atoms with Gasteiger partial charge in [-0.2, -0.15) is 0 Å². The van der Waals surface area contributed by atoms with E-state index in [0.29, 0.717) is 5.92 Å². The molecule has 194 valence electrons. The molecule has 5 aromatic rings. The standard InChI is InChI=1S/C33H35N3O2/c1-21-18-34-19-22(2)30(21)25-10-11-27-28(16-25)36(29-17-26(33(3,4)37)20-35-31(27)29)32(23-8-6-5-7-9-23)24-12-14-38-15-13-24/h5-11,16-20,24,32,37H,12-15H2,1-4H3. The molecule has 38 heavy (non-hydrogen) atoms. The van der Waals surface area contributed by atoms with Gasteiger partial charge in [-0.15, -0.1) is 0 Å². The second-order valence-corrected chi connectivity index (χ2v) is 11.2. The highest BCUT2D eigenvalue weighted by Gasteiger charge is 2.31. The first-order valence-electron chi connectivity index (χ1n) is 13.5. The highest BCUT2D eigenvalue weighted by molar-refractivity contribution is 6.07. The van der Waals surface area contributed by atoms with Crippen LogP contribution < -0.4 is 0 Å². The Morgan fingerprint density at radius 1 is 0.921 bits per heavy atom. The van der Waals surface area contributed by atoms with Gasteiger partial charge in [-0.05, 0) is 86.4 Å². The second-order valence-electron chi connectivity index (χ2n) is 11.2. The van der Waals surface area contributed by atoms with Crippen LogP contribution in [0, 0.1) is 19.8 Å². The lowest BCUT2D eigenvalue weighted by molar-refractivity contribution is 0.0552. The van der Waals surface area contributed by atoms with Crippen molar-refractivity contribution in [2.75, 3.05) is 13.2 Å². The Kier molecular flexibility index (Phi) is 6.29. The van der Waals surface area contributed by atoms with E-state index in [4.69, 9.17) is 9.72 Å². The molecule has 6 rings (SSSR count). The number of aryl methyl sites for hydroxylation is 2. The summed E-state index contributed by atoms with van der Waals surface area (Å²) in [4.78, 5) is 9.34. The summed E-state index contributed by atoms with van der Waals surface area (Å²) in [5, 5.41) is 12.0. The first kappa shape index (κ1) is 24.8. The van der Waals surface area contributed by atoms with Gasteiger partial charge in [0.15, 0.2) is 0 Å². The first-order valence-corrected chi connectivity index (χ1v) is 13.5. The van der Waals surface area contributed by atoms with Gasteiger partial charge < -0.3 is 14.4 Å². The maximum atomic E-state index is 10.9. The van der Waals surface area contributed by atoms with Crippen LogP contribution >= 0.6 is 0 Å². The Bertz CT molecular complexity index is 1590. The quantitative estimate of drug-likeness (QED) is 0.276. The van der Waals surface area contributed by atoms with Crippen LogP contribution in [-0.2, 0) is 10.3 Å². The van der Waals surface area contributed by atoms with E-state index in [0.717, 1.165) is 53.6 Å². The molecule has 0 amide bonds. The summed E-state index contributed by atoms with van der Waals surface area (Å²) < 4.78 is 8.28. The zero-order valence-corrected chi connectivity index (χ0v) is 22.6. The SMILES string of the molecule is Cc1cncc(C)c1-c1ccc2c3ncc(C(C)(C)O)cc3n(C(c3ccccc3)C3CCOCC3)c2c1. The van der Waals surface area contributed by atoms with Gasteiger partial charge in [0.05, 0.1) is 28.2 Å². The smallest absolute Gasteiger partial charge is 0.0960 e. The molecule has 1 fully saturated rings. The van der Waals surface area contributed by atoms with Gasteiger partial charge in [0.25, 0.3) is 0 Å². The van der Waals surface area contributed by atoms with Crippen LogP contribution in [0.3, 0.4) is 0 Å². The number of aromatic nitrogens is 3. The van der Waals surface area contributed by atoms with Crippen LogP contribution in [0.2, 0.25) is 0 Å². The van der Waals surface area contributed by atoms with Crippen LogP contribution in [-0.4, -0.2) is 32.9 Å². The van der Waals surface area contributed by atoms with Crippen LogP contribution in [0.4, 0.5) is 0 Å². The maximum absolute atomic E-state index is 10.9. The molecule has 4 heterocycles. The minimum Gasteiger partial charge on any atom is -0.386 e. The maximum Gasteiger partial charge on any atom is 0.0960 e. The van der Waals surface area contributed by atoms with Crippen molar-refractivity contribution in [3.05, 3.63) is 95.4 Å². The van der Waals surface area contributed by atoms with Crippen molar-refractivity contribution in [3.8, 4) is 11.1 Å². The van der Waals surface area contributed by atoms with Crippen molar-refractivity contribution in [2.24, 2.45) is 5.92 Å². The van der Waals surface area contributed by atoms with Crippen LogP contribution in [0.15, 0.2) is 73.2 Å². The molecule has 0 bridgehead atoms. The van der Waals surface area contributed by atoms with Crippen molar-refractivity contribution in [3.63, 3.8) is 0 Å². The third kappa shape index (κ3) is 4.30. The molecule has 5 heteroatoms. The van der Waals surface area contributed by atoms with Gasteiger partial charge in [0.2, 0.25) is 0 Å². The monoisotopic (exact) mass is 505 g/mol. The number of ether oxygens (including phenoxy) is 1. The van der Waals surface area contributed by atoms with Crippen LogP contribution in [0.25, 0.3) is 33.1 Å². The molecule has 5 nitrogen and oxygen atoms in total. The molecule has 1 unspecified atom stereocenters. The van der Waals surface area contributed by atoms with E-state index in [2.05, 4.69) is 78.0 Å². The van der Waals surface area contributed by atoms with E-state index < -0.39 is 5.60 Å². The number of pyridine rings is 2. The van der Waals surface area contributed by atoms with E-state index in [9.17, 15) is 5.11 Å². The molecule has 1 N–H and O–H groups in total. The number of aliphatic hydroxyl groups is 1. The van der Waals surface area contributed by atoms with Crippen molar-refractivity contribution in [2.45, 2.75) is 52.2 Å². The van der Waals surface area contributed by atoms with Gasteiger partial charge in [0.1, 0.15) is 0 Å². The molecule has 0 spiro atoms. The van der Waals surface area contributed by atoms with Crippen molar-refractivity contribution in [1.82, 2.24) is 14.5 Å². The Hall–Kier alpha value is -3.54. The summed E-state index contributed by atoms with van der Waals surface area (Å²) in [6, 6.07) is 19.8. The summed E-state index contributed by atoms with van der Waals surface area (Å²) >= 11 is 0. The molecule has 1 aliphatic rings. The average molecular weight is 506 g/mol. The molecular formula is C33H35N3O2. The third-order valence-corrected chi connectivity index (χ3v) is 8.09. The Morgan fingerprint density at radius 3 is 2.32 bits per heavy atom. The van der Waals surface area contributed by atoms with E-state index in [1.807, 2.05) is 32.4 Å². The fourth-order valence-corrected chi connectivity index (χ4v) is 6.17. The van der Waals surface area contributed by atoms with Gasteiger partial charge in [-0.25, -0.2) is 0 Å². The second kappa shape index (κ2) is 9.64. The Morgan fingerprint density at radius 2 is 1.63 bits per heavy atom. The number of hydrogen-bond donors (Lipinski definition) is 1. The Balaban J connectivity index is 1.70. The molecule has 0 radical (unpaired) electrons. The summed E-state index contributed by atoms with van der Waals surface area (Å²) in [5.74, 6) is 0.420. The van der Waals surface area contributed by atoms with E-state index in [1.165, 1.54) is 27.8 Å². The minimum atomic E-state index is -0.986. The fraction of sp³-hybridized carbons (Fsp3) is 0.333. The normalized spacial score (nSPS) is 15.8. The molecule has 0 aliphatic carbocycles. The summed E-state index contributed by atoms with van der Waals surface area (Å²) in [5.41, 5.74) is 9.04. The van der Waals surface area contributed by atoms with Crippen molar-refractivity contribution >= 4 is 21.9 Å². The van der Waals surface area contributed by atoms with Crippen LogP contribution in [0.5, 0.6) is 0 Å². The highest BCUT2D eigenvalue weighted by atomic mass is 16.5. The topological polar surface area (TPSA) is 60.2 Å². The molecular weight excluding hydrogens is 470 g/mol. The average Bonchev–Trinajstić information content (AvgIpc) is 3.22. The fourth-order valence-electron chi connectivity index (χ4n) is 6.17. The molecule has 3 aromatic heterocycles. The molecule has 1 saturated heterocycles. The zero-order chi connectivity index (χ0) is 26.4. The van der Waals surface area contributed by atoms with E-state index >= 15 is 0 Å². The lowest BCUT2D eigenvalue weighted by Gasteiger charge is -2.33. The van der Waals surface area contributed by atoms with E-state index in [-0.39, 0.29) is 6.04 Å². The van der Waals surface area contributed by atoms with Crippen molar-refractivity contribution in [1.29, 1.82) is 0 Å². The highest BCUT2D eigenvalue weighted by Crippen LogP contribution is 2.42. The van der Waals surface area contributed by atoms with Gasteiger partial charge in [-0.1, -0.05) is 42.5 Å². The third-order valence-electron chi connectivity index (χ3n) is 8.09. The zero-order valence-electron chi connectivity index (χ0n) is 22.6.